The van der Waals surface area contributed by atoms with Gasteiger partial charge in [0.1, 0.15) is 0 Å². The first-order valence-electron chi connectivity index (χ1n) is 8.43. The third-order valence-electron chi connectivity index (χ3n) is 4.28. The molecule has 1 aromatic heterocycles. The van der Waals surface area contributed by atoms with E-state index in [2.05, 4.69) is 10.4 Å². The number of carbonyl (C=O) groups is 1. The fourth-order valence-electron chi connectivity index (χ4n) is 3.03. The van der Waals surface area contributed by atoms with Crippen molar-refractivity contribution in [2.24, 2.45) is 0 Å². The zero-order chi connectivity index (χ0) is 17.1. The Kier molecular flexibility index (Phi) is 4.21. The van der Waals surface area contributed by atoms with Crippen LogP contribution in [0.5, 0.6) is 5.88 Å². The van der Waals surface area contributed by atoms with Gasteiger partial charge in [-0.2, -0.15) is 5.10 Å². The minimum absolute atomic E-state index is 0.205. The van der Waals surface area contributed by atoms with Gasteiger partial charge < -0.3 is 10.1 Å². The zero-order valence-electron chi connectivity index (χ0n) is 13.8. The van der Waals surface area contributed by atoms with E-state index in [4.69, 9.17) is 4.74 Å². The van der Waals surface area contributed by atoms with Crippen LogP contribution in [0, 0.1) is 0 Å². The van der Waals surface area contributed by atoms with E-state index in [1.807, 2.05) is 60.7 Å². The molecule has 0 bridgehead atoms. The average Bonchev–Trinajstić information content (AvgIpc) is 3.12. The molecule has 2 heterocycles. The van der Waals surface area contributed by atoms with E-state index >= 15 is 0 Å². The second-order valence-electron chi connectivity index (χ2n) is 6.02. The number of nitrogens with zero attached hydrogens (tertiary/aromatic N) is 2. The lowest BCUT2D eigenvalue weighted by molar-refractivity contribution is 0.0937. The monoisotopic (exact) mass is 333 g/mol. The molecular weight excluding hydrogens is 314 g/mol. The van der Waals surface area contributed by atoms with E-state index in [-0.39, 0.29) is 11.9 Å². The number of aryl methyl sites for hydroxylation is 1. The number of rotatable bonds is 4. The van der Waals surface area contributed by atoms with Crippen molar-refractivity contribution in [2.75, 3.05) is 6.61 Å². The molecule has 1 aliphatic heterocycles. The number of fused-ring (bicyclic) bond motifs is 1. The molecule has 0 aliphatic carbocycles. The van der Waals surface area contributed by atoms with Crippen LogP contribution in [0.15, 0.2) is 66.7 Å². The van der Waals surface area contributed by atoms with E-state index in [0.717, 1.165) is 24.1 Å². The Bertz CT molecular complexity index is 796. The van der Waals surface area contributed by atoms with Gasteiger partial charge >= 0.3 is 0 Å². The Labute approximate surface area is 146 Å². The second-order valence-corrected chi connectivity index (χ2v) is 6.02. The van der Waals surface area contributed by atoms with E-state index < -0.39 is 0 Å². The molecule has 5 nitrogen and oxygen atoms in total. The predicted octanol–water partition coefficient (Wildman–Crippen LogP) is 3.19. The highest BCUT2D eigenvalue weighted by Crippen LogP contribution is 2.23. The summed E-state index contributed by atoms with van der Waals surface area (Å²) in [5, 5.41) is 7.48. The Hall–Kier alpha value is -3.08. The largest absolute Gasteiger partial charge is 0.478 e. The molecule has 0 saturated heterocycles. The number of hydrogen-bond acceptors (Lipinski definition) is 3. The Morgan fingerprint density at radius 2 is 1.68 bits per heavy atom. The van der Waals surface area contributed by atoms with Crippen LogP contribution >= 0.6 is 0 Å². The van der Waals surface area contributed by atoms with E-state index in [1.54, 1.807) is 10.7 Å². The molecule has 0 unspecified atom stereocenters. The van der Waals surface area contributed by atoms with Gasteiger partial charge in [-0.15, -0.1) is 0 Å². The molecule has 126 valence electrons. The van der Waals surface area contributed by atoms with Crippen LogP contribution in [-0.2, 0) is 6.54 Å². The normalized spacial score (nSPS) is 13.2. The van der Waals surface area contributed by atoms with E-state index in [1.165, 1.54) is 0 Å². The summed E-state index contributed by atoms with van der Waals surface area (Å²) < 4.78 is 7.30. The van der Waals surface area contributed by atoms with Crippen LogP contribution < -0.4 is 10.1 Å². The molecule has 5 heteroatoms. The molecule has 1 aliphatic rings. The summed E-state index contributed by atoms with van der Waals surface area (Å²) in [6, 6.07) is 21.4. The number of benzene rings is 2. The highest BCUT2D eigenvalue weighted by molar-refractivity contribution is 5.93. The van der Waals surface area contributed by atoms with Crippen LogP contribution in [0.1, 0.15) is 34.1 Å². The summed E-state index contributed by atoms with van der Waals surface area (Å²) in [5.74, 6) is 0.454. The summed E-state index contributed by atoms with van der Waals surface area (Å²) in [5.41, 5.74) is 2.44. The third-order valence-corrected chi connectivity index (χ3v) is 4.28. The lowest BCUT2D eigenvalue weighted by atomic mass is 9.98. The summed E-state index contributed by atoms with van der Waals surface area (Å²) in [6.07, 6.45) is 0.909. The highest BCUT2D eigenvalue weighted by atomic mass is 16.5. The maximum Gasteiger partial charge on any atom is 0.272 e. The number of carbonyl (C=O) groups excluding carboxylic acids is 1. The van der Waals surface area contributed by atoms with Crippen molar-refractivity contribution in [1.82, 2.24) is 15.1 Å². The Balaban J connectivity index is 1.62. The number of ether oxygens (including phenoxy) is 1. The SMILES string of the molecule is O=C(NC(c1ccccc1)c1ccccc1)c1cc2n(n1)CCCO2. The van der Waals surface area contributed by atoms with E-state index in [0.29, 0.717) is 18.2 Å². The Morgan fingerprint density at radius 1 is 1.04 bits per heavy atom. The summed E-state index contributed by atoms with van der Waals surface area (Å²) in [4.78, 5) is 12.8. The van der Waals surface area contributed by atoms with Crippen molar-refractivity contribution in [3.63, 3.8) is 0 Å². The van der Waals surface area contributed by atoms with Gasteiger partial charge in [-0.1, -0.05) is 60.7 Å². The molecule has 25 heavy (non-hydrogen) atoms. The van der Waals surface area contributed by atoms with Gasteiger partial charge in [-0.25, -0.2) is 4.68 Å². The van der Waals surface area contributed by atoms with Crippen molar-refractivity contribution in [3.8, 4) is 5.88 Å². The first kappa shape index (κ1) is 15.4. The zero-order valence-corrected chi connectivity index (χ0v) is 13.8. The molecule has 2 aromatic carbocycles. The smallest absolute Gasteiger partial charge is 0.272 e. The van der Waals surface area contributed by atoms with Crippen molar-refractivity contribution < 1.29 is 9.53 Å². The number of amides is 1. The fraction of sp³-hybridized carbons (Fsp3) is 0.200. The standard InChI is InChI=1S/C20H19N3O2/c24-20(17-14-18-23(22-17)12-7-13-25-18)21-19(15-8-3-1-4-9-15)16-10-5-2-6-11-16/h1-6,8-11,14,19H,7,12-13H2,(H,21,24). The van der Waals surface area contributed by atoms with Crippen molar-refractivity contribution in [1.29, 1.82) is 0 Å². The molecule has 1 amide bonds. The summed E-state index contributed by atoms with van der Waals surface area (Å²) in [6.45, 7) is 1.45. The molecule has 0 atom stereocenters. The topological polar surface area (TPSA) is 56.2 Å². The molecule has 0 saturated carbocycles. The molecule has 1 N–H and O–H groups in total. The van der Waals surface area contributed by atoms with Crippen LogP contribution in [0.4, 0.5) is 0 Å². The quantitative estimate of drug-likeness (QED) is 0.798. The highest BCUT2D eigenvalue weighted by Gasteiger charge is 2.22. The average molecular weight is 333 g/mol. The number of hydrogen-bond donors (Lipinski definition) is 1. The molecular formula is C20H19N3O2. The minimum atomic E-state index is -0.227. The molecule has 0 fully saturated rings. The van der Waals surface area contributed by atoms with Gasteiger partial charge in [0.15, 0.2) is 5.69 Å². The number of nitrogens with one attached hydrogen (secondary N) is 1. The van der Waals surface area contributed by atoms with Crippen LogP contribution in [0.25, 0.3) is 0 Å². The Morgan fingerprint density at radius 3 is 2.28 bits per heavy atom. The molecule has 0 spiro atoms. The predicted molar refractivity (Wildman–Crippen MR) is 94.5 cm³/mol. The number of aromatic nitrogens is 2. The lowest BCUT2D eigenvalue weighted by Gasteiger charge is -2.19. The molecule has 0 radical (unpaired) electrons. The van der Waals surface area contributed by atoms with Gasteiger partial charge in [0.05, 0.1) is 12.6 Å². The van der Waals surface area contributed by atoms with E-state index in [9.17, 15) is 4.79 Å². The van der Waals surface area contributed by atoms with Crippen molar-refractivity contribution in [3.05, 3.63) is 83.6 Å². The lowest BCUT2D eigenvalue weighted by Crippen LogP contribution is -2.29. The van der Waals surface area contributed by atoms with Gasteiger partial charge in [-0.3, -0.25) is 4.79 Å². The first-order chi connectivity index (χ1) is 12.3. The van der Waals surface area contributed by atoms with Gasteiger partial charge in [0, 0.05) is 19.0 Å². The van der Waals surface area contributed by atoms with Crippen LogP contribution in [0.2, 0.25) is 0 Å². The van der Waals surface area contributed by atoms with Gasteiger partial charge in [0.25, 0.3) is 5.91 Å². The third kappa shape index (κ3) is 3.26. The second kappa shape index (κ2) is 6.81. The van der Waals surface area contributed by atoms with Crippen molar-refractivity contribution >= 4 is 5.91 Å². The first-order valence-corrected chi connectivity index (χ1v) is 8.43. The van der Waals surface area contributed by atoms with Crippen LogP contribution in [-0.4, -0.2) is 22.3 Å². The maximum absolute atomic E-state index is 12.8. The van der Waals surface area contributed by atoms with Gasteiger partial charge in [-0.05, 0) is 11.1 Å². The fourth-order valence-corrected chi connectivity index (χ4v) is 3.03. The van der Waals surface area contributed by atoms with Crippen molar-refractivity contribution in [2.45, 2.75) is 19.0 Å². The van der Waals surface area contributed by atoms with Gasteiger partial charge in [0.2, 0.25) is 5.88 Å². The summed E-state index contributed by atoms with van der Waals surface area (Å²) >= 11 is 0. The maximum atomic E-state index is 12.8. The minimum Gasteiger partial charge on any atom is -0.478 e. The van der Waals surface area contributed by atoms with Crippen LogP contribution in [0.3, 0.4) is 0 Å². The summed E-state index contributed by atoms with van der Waals surface area (Å²) in [7, 11) is 0. The molecule has 4 rings (SSSR count). The molecule has 3 aromatic rings.